The minimum Gasteiger partial charge on any atom is -0.618 e. The van der Waals surface area contributed by atoms with Crippen LogP contribution in [0.15, 0.2) is 53.5 Å². The molecule has 0 amide bonds. The molecule has 0 fully saturated rings. The molecule has 3 aromatic heterocycles. The maximum atomic E-state index is 12.0. The van der Waals surface area contributed by atoms with Crippen LogP contribution in [-0.4, -0.2) is 4.40 Å². The predicted molar refractivity (Wildman–Crippen MR) is 68.8 cm³/mol. The van der Waals surface area contributed by atoms with Crippen molar-refractivity contribution >= 4 is 27.3 Å². The van der Waals surface area contributed by atoms with E-state index in [4.69, 9.17) is 0 Å². The van der Waals surface area contributed by atoms with Crippen LogP contribution < -0.4 is 10.3 Å². The Morgan fingerprint density at radius 1 is 1.00 bits per heavy atom. The minimum absolute atomic E-state index is 0.111. The van der Waals surface area contributed by atoms with Crippen molar-refractivity contribution in [2.75, 3.05) is 0 Å². The molecule has 18 heavy (non-hydrogen) atoms. The Kier molecular flexibility index (Phi) is 1.56. The molecule has 4 heteroatoms. The van der Waals surface area contributed by atoms with Gasteiger partial charge in [-0.2, -0.15) is 4.73 Å². The molecule has 4 nitrogen and oxygen atoms in total. The van der Waals surface area contributed by atoms with Crippen LogP contribution >= 0.6 is 0 Å². The maximum Gasteiger partial charge on any atom is 0.256 e. The Morgan fingerprint density at radius 3 is 2.72 bits per heavy atom. The first-order chi connectivity index (χ1) is 8.77. The summed E-state index contributed by atoms with van der Waals surface area (Å²) in [5.41, 5.74) is 1.94. The third-order valence-corrected chi connectivity index (χ3v) is 3.37. The summed E-state index contributed by atoms with van der Waals surface area (Å²) in [4.78, 5) is 12.0. The number of rotatable bonds is 0. The van der Waals surface area contributed by atoms with E-state index in [1.165, 1.54) is 12.3 Å². The van der Waals surface area contributed by atoms with Crippen LogP contribution in [0.4, 0.5) is 0 Å². The van der Waals surface area contributed by atoms with Crippen molar-refractivity contribution < 1.29 is 4.73 Å². The molecular weight excluding hydrogens is 228 g/mol. The Morgan fingerprint density at radius 2 is 1.83 bits per heavy atom. The van der Waals surface area contributed by atoms with Crippen LogP contribution in [-0.2, 0) is 0 Å². The van der Waals surface area contributed by atoms with E-state index in [1.54, 1.807) is 16.5 Å². The lowest BCUT2D eigenvalue weighted by Crippen LogP contribution is -2.27. The molecule has 0 aliphatic rings. The maximum absolute atomic E-state index is 12.0. The SMILES string of the molecule is O=c1ccc2c3c(cc[n+]2[O-])c2ccccc2n13. The fourth-order valence-electron chi connectivity index (χ4n) is 2.62. The number of para-hydroxylation sites is 1. The lowest BCUT2D eigenvalue weighted by atomic mass is 10.2. The number of aromatic nitrogens is 2. The van der Waals surface area contributed by atoms with Gasteiger partial charge in [-0.15, -0.1) is 0 Å². The van der Waals surface area contributed by atoms with Gasteiger partial charge in [0.05, 0.1) is 5.52 Å². The summed E-state index contributed by atoms with van der Waals surface area (Å²) in [6, 6.07) is 12.5. The molecule has 4 rings (SSSR count). The first kappa shape index (κ1) is 9.41. The topological polar surface area (TPSA) is 48.4 Å². The molecule has 0 aliphatic heterocycles. The van der Waals surface area contributed by atoms with Gasteiger partial charge in [0.15, 0.2) is 6.20 Å². The molecule has 86 valence electrons. The standard InChI is InChI=1S/C14H8N2O2/c17-13-6-5-12-14-10(7-8-15(12)18)9-3-1-2-4-11(9)16(13)14/h1-8H. The molecule has 0 unspecified atom stereocenters. The average molecular weight is 236 g/mol. The van der Waals surface area contributed by atoms with E-state index < -0.39 is 0 Å². The minimum atomic E-state index is -0.111. The number of hydrogen-bond acceptors (Lipinski definition) is 2. The van der Waals surface area contributed by atoms with Crippen molar-refractivity contribution in [3.8, 4) is 0 Å². The van der Waals surface area contributed by atoms with Gasteiger partial charge in [-0.25, -0.2) is 0 Å². The Balaban J connectivity index is 2.54. The van der Waals surface area contributed by atoms with Crippen LogP contribution in [0.1, 0.15) is 0 Å². The summed E-state index contributed by atoms with van der Waals surface area (Å²) < 4.78 is 2.40. The quantitative estimate of drug-likeness (QED) is 0.344. The van der Waals surface area contributed by atoms with E-state index >= 15 is 0 Å². The van der Waals surface area contributed by atoms with Crippen LogP contribution in [0.25, 0.3) is 27.3 Å². The number of benzene rings is 1. The van der Waals surface area contributed by atoms with E-state index in [2.05, 4.69) is 0 Å². The molecule has 0 saturated heterocycles. The zero-order valence-corrected chi connectivity index (χ0v) is 9.33. The molecule has 1 aromatic carbocycles. The molecule has 0 bridgehead atoms. The average Bonchev–Trinajstić information content (AvgIpc) is 2.72. The Hall–Kier alpha value is -2.62. The number of fused-ring (bicyclic) bond motifs is 3. The summed E-state index contributed by atoms with van der Waals surface area (Å²) in [5, 5.41) is 13.7. The second-order valence-electron chi connectivity index (χ2n) is 4.31. The third kappa shape index (κ3) is 0.953. The smallest absolute Gasteiger partial charge is 0.256 e. The molecule has 0 saturated carbocycles. The van der Waals surface area contributed by atoms with Crippen molar-refractivity contribution in [1.82, 2.24) is 4.40 Å². The first-order valence-electron chi connectivity index (χ1n) is 5.65. The Bertz CT molecular complexity index is 956. The van der Waals surface area contributed by atoms with Gasteiger partial charge >= 0.3 is 0 Å². The van der Waals surface area contributed by atoms with Gasteiger partial charge < -0.3 is 5.21 Å². The van der Waals surface area contributed by atoms with E-state index in [0.29, 0.717) is 11.0 Å². The fraction of sp³-hybridized carbons (Fsp3) is 0. The number of hydrogen-bond donors (Lipinski definition) is 0. The zero-order chi connectivity index (χ0) is 12.3. The second kappa shape index (κ2) is 2.98. The van der Waals surface area contributed by atoms with E-state index in [9.17, 15) is 10.0 Å². The van der Waals surface area contributed by atoms with Gasteiger partial charge in [-0.05, 0) is 6.07 Å². The lowest BCUT2D eigenvalue weighted by Gasteiger charge is -2.01. The van der Waals surface area contributed by atoms with Gasteiger partial charge in [0.1, 0.15) is 5.52 Å². The van der Waals surface area contributed by atoms with Crippen LogP contribution in [0.2, 0.25) is 0 Å². The molecule has 3 heterocycles. The lowest BCUT2D eigenvalue weighted by molar-refractivity contribution is -0.576. The van der Waals surface area contributed by atoms with Gasteiger partial charge in [0.25, 0.3) is 5.56 Å². The first-order valence-corrected chi connectivity index (χ1v) is 5.65. The van der Waals surface area contributed by atoms with Crippen molar-refractivity contribution in [3.05, 3.63) is 64.2 Å². The number of nitrogens with zero attached hydrogens (tertiary/aromatic N) is 2. The second-order valence-corrected chi connectivity index (χ2v) is 4.31. The highest BCUT2D eigenvalue weighted by Gasteiger charge is 2.16. The van der Waals surface area contributed by atoms with Gasteiger partial charge in [-0.1, -0.05) is 18.2 Å². The van der Waals surface area contributed by atoms with Crippen LogP contribution in [0, 0.1) is 5.21 Å². The summed E-state index contributed by atoms with van der Waals surface area (Å²) in [5.74, 6) is 0. The molecule has 0 spiro atoms. The largest absolute Gasteiger partial charge is 0.618 e. The highest BCUT2D eigenvalue weighted by atomic mass is 16.5. The van der Waals surface area contributed by atoms with E-state index in [0.717, 1.165) is 21.0 Å². The molecule has 0 aliphatic carbocycles. The van der Waals surface area contributed by atoms with Crippen molar-refractivity contribution in [2.24, 2.45) is 0 Å². The molecule has 4 aromatic rings. The summed E-state index contributed by atoms with van der Waals surface area (Å²) in [6.45, 7) is 0. The van der Waals surface area contributed by atoms with Gasteiger partial charge in [0.2, 0.25) is 5.52 Å². The van der Waals surface area contributed by atoms with Crippen molar-refractivity contribution in [1.29, 1.82) is 0 Å². The highest BCUT2D eigenvalue weighted by Crippen LogP contribution is 2.28. The van der Waals surface area contributed by atoms with Crippen molar-refractivity contribution in [3.63, 3.8) is 0 Å². The molecular formula is C14H8N2O2. The number of pyridine rings is 2. The van der Waals surface area contributed by atoms with E-state index in [-0.39, 0.29) is 5.56 Å². The van der Waals surface area contributed by atoms with Crippen molar-refractivity contribution in [2.45, 2.75) is 0 Å². The van der Waals surface area contributed by atoms with Crippen LogP contribution in [0.3, 0.4) is 0 Å². The third-order valence-electron chi connectivity index (χ3n) is 3.37. The fourth-order valence-corrected chi connectivity index (χ4v) is 2.62. The Labute approximate surface area is 101 Å². The molecule has 0 radical (unpaired) electrons. The van der Waals surface area contributed by atoms with Gasteiger partial charge in [0, 0.05) is 29.0 Å². The highest BCUT2D eigenvalue weighted by molar-refractivity contribution is 6.11. The molecule has 0 N–H and O–H groups in total. The summed E-state index contributed by atoms with van der Waals surface area (Å²) in [6.07, 6.45) is 1.48. The van der Waals surface area contributed by atoms with E-state index in [1.807, 2.05) is 24.3 Å². The zero-order valence-electron chi connectivity index (χ0n) is 9.33. The predicted octanol–water partition coefficient (Wildman–Crippen LogP) is 1.68. The molecule has 0 atom stereocenters. The van der Waals surface area contributed by atoms with Crippen LogP contribution in [0.5, 0.6) is 0 Å². The summed E-state index contributed by atoms with van der Waals surface area (Å²) in [7, 11) is 0. The normalized spacial score (nSPS) is 11.8. The van der Waals surface area contributed by atoms with Gasteiger partial charge in [-0.3, -0.25) is 9.20 Å². The summed E-state index contributed by atoms with van der Waals surface area (Å²) >= 11 is 0. The monoisotopic (exact) mass is 236 g/mol.